The molecule has 0 saturated carbocycles. The highest BCUT2D eigenvalue weighted by Gasteiger charge is 2.38. The number of hydrogen-bond acceptors (Lipinski definition) is 4. The van der Waals surface area contributed by atoms with Crippen LogP contribution >= 0.6 is 0 Å². The van der Waals surface area contributed by atoms with Gasteiger partial charge in [0.25, 0.3) is 0 Å². The molecule has 0 unspecified atom stereocenters. The fraction of sp³-hybridized carbons (Fsp3) is 0.556. The smallest absolute Gasteiger partial charge is 0.410 e. The first kappa shape index (κ1) is 15.8. The van der Waals surface area contributed by atoms with Gasteiger partial charge >= 0.3 is 6.09 Å². The number of nitrogens with zero attached hydrogens (tertiary/aromatic N) is 2. The highest BCUT2D eigenvalue weighted by atomic mass is 16.6. The van der Waals surface area contributed by atoms with Gasteiger partial charge in [-0.2, -0.15) is 0 Å². The van der Waals surface area contributed by atoms with Gasteiger partial charge < -0.3 is 9.47 Å². The third kappa shape index (κ3) is 3.66. The van der Waals surface area contributed by atoms with Gasteiger partial charge in [0.15, 0.2) is 0 Å². The van der Waals surface area contributed by atoms with E-state index in [1.54, 1.807) is 4.90 Å². The molecule has 1 aromatic carbocycles. The molecule has 2 atom stereocenters. The van der Waals surface area contributed by atoms with E-state index in [0.29, 0.717) is 19.0 Å². The highest BCUT2D eigenvalue weighted by molar-refractivity contribution is 5.87. The van der Waals surface area contributed by atoms with Gasteiger partial charge in [-0.1, -0.05) is 30.3 Å². The molecule has 124 valence electrons. The molecule has 1 aromatic rings. The quantitative estimate of drug-likeness (QED) is 0.838. The van der Waals surface area contributed by atoms with Crippen LogP contribution in [0.5, 0.6) is 0 Å². The Morgan fingerprint density at radius 1 is 1.30 bits per heavy atom. The summed E-state index contributed by atoms with van der Waals surface area (Å²) in [6.07, 6.45) is 1.54. The number of carbonyl (C=O) groups is 1. The minimum absolute atomic E-state index is 0.0206. The van der Waals surface area contributed by atoms with E-state index in [4.69, 9.17) is 14.5 Å². The van der Waals surface area contributed by atoms with Crippen LogP contribution in [-0.4, -0.2) is 41.7 Å². The van der Waals surface area contributed by atoms with Crippen LogP contribution in [0.2, 0.25) is 0 Å². The van der Waals surface area contributed by atoms with Crippen molar-refractivity contribution in [3.8, 4) is 0 Å². The molecule has 5 heteroatoms. The second-order valence-corrected chi connectivity index (χ2v) is 7.04. The maximum Gasteiger partial charge on any atom is 0.410 e. The van der Waals surface area contributed by atoms with Crippen LogP contribution < -0.4 is 0 Å². The van der Waals surface area contributed by atoms with Crippen LogP contribution in [0.15, 0.2) is 35.3 Å². The van der Waals surface area contributed by atoms with Gasteiger partial charge in [0, 0.05) is 6.54 Å². The summed E-state index contributed by atoms with van der Waals surface area (Å²) in [5.41, 5.74) is 0.652. The lowest BCUT2D eigenvalue weighted by molar-refractivity contribution is 0.0254. The zero-order valence-corrected chi connectivity index (χ0v) is 14.0. The number of benzene rings is 1. The Labute approximate surface area is 137 Å². The minimum Gasteiger partial charge on any atom is -0.477 e. The second-order valence-electron chi connectivity index (χ2n) is 7.04. The van der Waals surface area contributed by atoms with E-state index in [1.165, 1.54) is 0 Å². The average molecular weight is 316 g/mol. The third-order valence-electron chi connectivity index (χ3n) is 4.02. The number of ether oxygens (including phenoxy) is 2. The lowest BCUT2D eigenvalue weighted by atomic mass is 10.1. The summed E-state index contributed by atoms with van der Waals surface area (Å²) >= 11 is 0. The van der Waals surface area contributed by atoms with Crippen LogP contribution in [0.25, 0.3) is 0 Å². The molecule has 0 aliphatic carbocycles. The SMILES string of the molecule is CC(C)(C)OC(=O)N1CCC[C@H]1C1=N[C@H](c2ccccc2)CO1. The normalized spacial score (nSPS) is 24.3. The van der Waals surface area contributed by atoms with Crippen molar-refractivity contribution in [1.29, 1.82) is 0 Å². The fourth-order valence-corrected chi connectivity index (χ4v) is 2.98. The first-order chi connectivity index (χ1) is 10.9. The van der Waals surface area contributed by atoms with Gasteiger partial charge in [-0.05, 0) is 39.2 Å². The van der Waals surface area contributed by atoms with Crippen molar-refractivity contribution in [3.63, 3.8) is 0 Å². The molecule has 0 spiro atoms. The van der Waals surface area contributed by atoms with Crippen LogP contribution in [0.3, 0.4) is 0 Å². The van der Waals surface area contributed by atoms with Gasteiger partial charge in [-0.3, -0.25) is 4.90 Å². The zero-order valence-electron chi connectivity index (χ0n) is 14.0. The second kappa shape index (κ2) is 6.22. The molecule has 2 aliphatic heterocycles. The van der Waals surface area contributed by atoms with Crippen molar-refractivity contribution >= 4 is 12.0 Å². The van der Waals surface area contributed by atoms with Gasteiger partial charge in [-0.25, -0.2) is 9.79 Å². The minimum atomic E-state index is -0.491. The molecule has 0 bridgehead atoms. The maximum absolute atomic E-state index is 12.4. The van der Waals surface area contributed by atoms with E-state index >= 15 is 0 Å². The van der Waals surface area contributed by atoms with E-state index in [0.717, 1.165) is 18.4 Å². The standard InChI is InChI=1S/C18H24N2O3/c1-18(2,3)23-17(21)20-11-7-10-15(20)16-19-14(12-22-16)13-8-5-4-6-9-13/h4-6,8-9,14-15H,7,10-12H2,1-3H3/t14-,15-/m0/s1. The van der Waals surface area contributed by atoms with Crippen molar-refractivity contribution in [3.05, 3.63) is 35.9 Å². The summed E-state index contributed by atoms with van der Waals surface area (Å²) in [5.74, 6) is 0.669. The van der Waals surface area contributed by atoms with Gasteiger partial charge in [0.2, 0.25) is 5.90 Å². The first-order valence-corrected chi connectivity index (χ1v) is 8.19. The van der Waals surface area contributed by atoms with E-state index in [2.05, 4.69) is 12.1 Å². The van der Waals surface area contributed by atoms with Crippen LogP contribution in [-0.2, 0) is 9.47 Å². The van der Waals surface area contributed by atoms with Crippen molar-refractivity contribution in [2.75, 3.05) is 13.2 Å². The fourth-order valence-electron chi connectivity index (χ4n) is 2.98. The Hall–Kier alpha value is -2.04. The molecule has 23 heavy (non-hydrogen) atoms. The van der Waals surface area contributed by atoms with Crippen LogP contribution in [0, 0.1) is 0 Å². The van der Waals surface area contributed by atoms with Gasteiger partial charge in [0.1, 0.15) is 24.3 Å². The molecule has 3 rings (SSSR count). The topological polar surface area (TPSA) is 51.1 Å². The largest absolute Gasteiger partial charge is 0.477 e. The number of aliphatic imine (C=N–C) groups is 1. The number of carbonyl (C=O) groups excluding carboxylic acids is 1. The molecule has 1 saturated heterocycles. The summed E-state index contributed by atoms with van der Waals surface area (Å²) in [6.45, 7) is 6.87. The van der Waals surface area contributed by atoms with Crippen molar-refractivity contribution in [2.24, 2.45) is 4.99 Å². The lowest BCUT2D eigenvalue weighted by Gasteiger charge is -2.28. The molecule has 1 amide bonds. The summed E-state index contributed by atoms with van der Waals surface area (Å²) < 4.78 is 11.3. The van der Waals surface area contributed by atoms with Crippen LogP contribution in [0.4, 0.5) is 4.79 Å². The van der Waals surface area contributed by atoms with E-state index in [9.17, 15) is 4.79 Å². The average Bonchev–Trinajstić information content (AvgIpc) is 3.15. The van der Waals surface area contributed by atoms with Crippen molar-refractivity contribution in [1.82, 2.24) is 4.90 Å². The Morgan fingerprint density at radius 2 is 2.04 bits per heavy atom. The summed E-state index contributed by atoms with van der Waals surface area (Å²) in [6, 6.07) is 10.0. The molecule has 5 nitrogen and oxygen atoms in total. The third-order valence-corrected chi connectivity index (χ3v) is 4.02. The van der Waals surface area contributed by atoms with Gasteiger partial charge in [-0.15, -0.1) is 0 Å². The summed E-state index contributed by atoms with van der Waals surface area (Å²) in [4.78, 5) is 18.8. The number of hydrogen-bond donors (Lipinski definition) is 0. The Bertz CT molecular complexity index is 592. The molecular formula is C18H24N2O3. The molecule has 0 radical (unpaired) electrons. The van der Waals surface area contributed by atoms with E-state index in [-0.39, 0.29) is 18.2 Å². The molecule has 0 N–H and O–H groups in total. The molecular weight excluding hydrogens is 292 g/mol. The Balaban J connectivity index is 1.72. The number of rotatable bonds is 2. The molecule has 1 fully saturated rings. The van der Waals surface area contributed by atoms with E-state index < -0.39 is 5.60 Å². The number of likely N-dealkylation sites (tertiary alicyclic amines) is 1. The summed E-state index contributed by atoms with van der Waals surface area (Å²) in [5, 5.41) is 0. The van der Waals surface area contributed by atoms with Crippen molar-refractivity contribution < 1.29 is 14.3 Å². The van der Waals surface area contributed by atoms with E-state index in [1.807, 2.05) is 39.0 Å². The molecule has 2 heterocycles. The lowest BCUT2D eigenvalue weighted by Crippen LogP contribution is -2.43. The summed E-state index contributed by atoms with van der Waals surface area (Å²) in [7, 11) is 0. The maximum atomic E-state index is 12.4. The predicted molar refractivity (Wildman–Crippen MR) is 88.5 cm³/mol. The zero-order chi connectivity index (χ0) is 16.4. The molecule has 0 aromatic heterocycles. The van der Waals surface area contributed by atoms with Gasteiger partial charge in [0.05, 0.1) is 0 Å². The first-order valence-electron chi connectivity index (χ1n) is 8.19. The monoisotopic (exact) mass is 316 g/mol. The molecule has 2 aliphatic rings. The Kier molecular flexibility index (Phi) is 4.28. The number of amides is 1. The predicted octanol–water partition coefficient (Wildman–Crippen LogP) is 3.56. The Morgan fingerprint density at radius 3 is 2.74 bits per heavy atom. The van der Waals surface area contributed by atoms with Crippen LogP contribution in [0.1, 0.15) is 45.2 Å². The highest BCUT2D eigenvalue weighted by Crippen LogP contribution is 2.29. The van der Waals surface area contributed by atoms with Crippen molar-refractivity contribution in [2.45, 2.75) is 51.3 Å².